The molecule has 0 aliphatic carbocycles. The highest BCUT2D eigenvalue weighted by molar-refractivity contribution is 6.39. The van der Waals surface area contributed by atoms with E-state index in [1.807, 2.05) is 0 Å². The molecule has 0 radical (unpaired) electrons. The number of ether oxygens (including phenoxy) is 2. The second-order valence-corrected chi connectivity index (χ2v) is 7.04. The van der Waals surface area contributed by atoms with Crippen LogP contribution in [-0.2, 0) is 4.74 Å². The molecule has 0 unspecified atom stereocenters. The number of nitro groups is 1. The number of anilines is 1. The molecule has 0 aliphatic rings. The van der Waals surface area contributed by atoms with Crippen LogP contribution in [0.25, 0.3) is 0 Å². The normalized spacial score (nSPS) is 11.0. The Morgan fingerprint density at radius 1 is 1.03 bits per heavy atom. The van der Waals surface area contributed by atoms with E-state index in [1.54, 1.807) is 61.5 Å². The molecule has 0 atom stereocenters. The molecule has 164 valence electrons. The van der Waals surface area contributed by atoms with Gasteiger partial charge in [0.05, 0.1) is 27.1 Å². The summed E-state index contributed by atoms with van der Waals surface area (Å²) < 4.78 is 11.0. The number of urea groups is 1. The molecule has 10 heteroatoms. The summed E-state index contributed by atoms with van der Waals surface area (Å²) in [5.74, 6) is 0.465. The van der Waals surface area contributed by atoms with Gasteiger partial charge in [0.2, 0.25) is 11.6 Å². The molecule has 0 aromatic heterocycles. The third-order valence-electron chi connectivity index (χ3n) is 4.06. The van der Waals surface area contributed by atoms with E-state index in [-0.39, 0.29) is 23.9 Å². The minimum Gasteiger partial charge on any atom is -0.477 e. The van der Waals surface area contributed by atoms with Gasteiger partial charge in [0, 0.05) is 11.8 Å². The molecule has 0 saturated carbocycles. The Morgan fingerprint density at radius 2 is 1.69 bits per heavy atom. The molecule has 0 bridgehead atoms. The van der Waals surface area contributed by atoms with Crippen molar-refractivity contribution < 1.29 is 19.2 Å². The van der Waals surface area contributed by atoms with Crippen molar-refractivity contribution in [3.05, 3.63) is 92.5 Å². The number of rotatable bonds is 6. The molecule has 0 aliphatic heterocycles. The van der Waals surface area contributed by atoms with Crippen LogP contribution in [0.3, 0.4) is 0 Å². The number of aliphatic imine (C=N–C) groups is 1. The van der Waals surface area contributed by atoms with Gasteiger partial charge in [0.25, 0.3) is 0 Å². The highest BCUT2D eigenvalue weighted by Crippen LogP contribution is 2.31. The molecular formula is C22H17Cl2N3O5. The molecule has 32 heavy (non-hydrogen) atoms. The van der Waals surface area contributed by atoms with Crippen molar-refractivity contribution in [2.45, 2.75) is 6.92 Å². The van der Waals surface area contributed by atoms with Crippen molar-refractivity contribution in [3.8, 4) is 11.5 Å². The minimum absolute atomic E-state index is 0.00283. The lowest BCUT2D eigenvalue weighted by Crippen LogP contribution is -2.15. The summed E-state index contributed by atoms with van der Waals surface area (Å²) in [4.78, 5) is 26.9. The first-order valence-corrected chi connectivity index (χ1v) is 10.1. The number of nitro benzene ring substituents is 1. The van der Waals surface area contributed by atoms with Crippen molar-refractivity contribution in [2.24, 2.45) is 4.99 Å². The van der Waals surface area contributed by atoms with Gasteiger partial charge in [0.15, 0.2) is 0 Å². The monoisotopic (exact) mass is 473 g/mol. The van der Waals surface area contributed by atoms with Gasteiger partial charge in [-0.2, -0.15) is 4.99 Å². The fourth-order valence-corrected chi connectivity index (χ4v) is 3.23. The number of hydrogen-bond donors (Lipinski definition) is 1. The maximum absolute atomic E-state index is 12.4. The molecule has 1 N–H and O–H groups in total. The minimum atomic E-state index is -0.697. The molecule has 3 aromatic rings. The first kappa shape index (κ1) is 23.1. The molecule has 3 aromatic carbocycles. The number of amides is 2. The molecule has 0 fully saturated rings. The summed E-state index contributed by atoms with van der Waals surface area (Å²) in [5.41, 5.74) is 0.594. The van der Waals surface area contributed by atoms with Gasteiger partial charge in [-0.1, -0.05) is 41.4 Å². The largest absolute Gasteiger partial charge is 0.477 e. The van der Waals surface area contributed by atoms with Gasteiger partial charge in [-0.25, -0.2) is 4.79 Å². The van der Waals surface area contributed by atoms with Crippen molar-refractivity contribution in [1.29, 1.82) is 0 Å². The third-order valence-corrected chi connectivity index (χ3v) is 4.69. The maximum atomic E-state index is 12.4. The quantitative estimate of drug-likeness (QED) is 0.185. The lowest BCUT2D eigenvalue weighted by atomic mass is 10.2. The smallest absolute Gasteiger partial charge is 0.348 e. The van der Waals surface area contributed by atoms with Crippen LogP contribution in [0.15, 0.2) is 71.7 Å². The van der Waals surface area contributed by atoms with Gasteiger partial charge in [0.1, 0.15) is 5.75 Å². The van der Waals surface area contributed by atoms with E-state index < -0.39 is 11.0 Å². The Bertz CT molecular complexity index is 1150. The van der Waals surface area contributed by atoms with Crippen LogP contribution in [-0.4, -0.2) is 23.5 Å². The lowest BCUT2D eigenvalue weighted by molar-refractivity contribution is -0.385. The van der Waals surface area contributed by atoms with Crippen molar-refractivity contribution >= 4 is 46.5 Å². The van der Waals surface area contributed by atoms with Gasteiger partial charge in [-0.05, 0) is 49.4 Å². The molecule has 0 saturated heterocycles. The standard InChI is InChI=1S/C22H17Cl2N3O5/c1-2-31-21(20-16(23)6-5-7-17(20)24)26-22(28)25-14-10-12-15(13-11-14)32-19-9-4-3-8-18(19)27(29)30/h3-13H,2H2,1H3,(H,25,28)/b26-21-. The number of nitrogens with zero attached hydrogens (tertiary/aromatic N) is 2. The molecule has 8 nitrogen and oxygen atoms in total. The van der Waals surface area contributed by atoms with E-state index >= 15 is 0 Å². The summed E-state index contributed by atoms with van der Waals surface area (Å²) in [6.07, 6.45) is 0. The number of carbonyl (C=O) groups excluding carboxylic acids is 1. The predicted molar refractivity (Wildman–Crippen MR) is 123 cm³/mol. The second-order valence-electron chi connectivity index (χ2n) is 6.23. The highest BCUT2D eigenvalue weighted by atomic mass is 35.5. The first-order valence-electron chi connectivity index (χ1n) is 9.37. The zero-order valence-electron chi connectivity index (χ0n) is 16.7. The van der Waals surface area contributed by atoms with Crippen molar-refractivity contribution in [1.82, 2.24) is 0 Å². The number of halogens is 2. The first-order chi connectivity index (χ1) is 15.4. The number of nitrogens with one attached hydrogen (secondary N) is 1. The summed E-state index contributed by atoms with van der Waals surface area (Å²) in [7, 11) is 0. The number of para-hydroxylation sites is 2. The average molecular weight is 474 g/mol. The van der Waals surface area contributed by atoms with Gasteiger partial charge >= 0.3 is 11.7 Å². The topological polar surface area (TPSA) is 103 Å². The zero-order valence-corrected chi connectivity index (χ0v) is 18.3. The Kier molecular flexibility index (Phi) is 7.64. The lowest BCUT2D eigenvalue weighted by Gasteiger charge is -2.11. The molecule has 0 spiro atoms. The van der Waals surface area contributed by atoms with E-state index in [4.69, 9.17) is 32.7 Å². The highest BCUT2D eigenvalue weighted by Gasteiger charge is 2.17. The summed E-state index contributed by atoms with van der Waals surface area (Å²) in [6.45, 7) is 2.00. The number of hydrogen-bond acceptors (Lipinski definition) is 5. The van der Waals surface area contributed by atoms with Crippen LogP contribution < -0.4 is 10.1 Å². The van der Waals surface area contributed by atoms with Crippen LogP contribution >= 0.6 is 23.2 Å². The van der Waals surface area contributed by atoms with Gasteiger partial charge in [-0.3, -0.25) is 10.1 Å². The van der Waals surface area contributed by atoms with E-state index in [1.165, 1.54) is 12.1 Å². The molecule has 2 amide bonds. The van der Waals surface area contributed by atoms with Crippen LogP contribution in [0.2, 0.25) is 10.0 Å². The number of carbonyl (C=O) groups is 1. The summed E-state index contributed by atoms with van der Waals surface area (Å²) >= 11 is 12.4. The van der Waals surface area contributed by atoms with Crippen LogP contribution in [0, 0.1) is 10.1 Å². The van der Waals surface area contributed by atoms with Gasteiger partial charge in [-0.15, -0.1) is 0 Å². The Balaban J connectivity index is 1.75. The Hall–Kier alpha value is -3.62. The summed E-state index contributed by atoms with van der Waals surface area (Å²) in [6, 6.07) is 16.5. The van der Waals surface area contributed by atoms with E-state index in [2.05, 4.69) is 10.3 Å². The Morgan fingerprint density at radius 3 is 2.31 bits per heavy atom. The summed E-state index contributed by atoms with van der Waals surface area (Å²) in [5, 5.41) is 14.3. The SMILES string of the molecule is CCO/C(=N\C(=O)Nc1ccc(Oc2ccccc2[N+](=O)[O-])cc1)c1c(Cl)cccc1Cl. The van der Waals surface area contributed by atoms with Crippen LogP contribution in [0.4, 0.5) is 16.2 Å². The third kappa shape index (κ3) is 5.75. The fraction of sp³-hybridized carbons (Fsp3) is 0.0909. The zero-order chi connectivity index (χ0) is 23.1. The Labute approximate surface area is 193 Å². The average Bonchev–Trinajstić information content (AvgIpc) is 2.75. The fourth-order valence-electron chi connectivity index (χ4n) is 2.67. The maximum Gasteiger partial charge on any atom is 0.348 e. The van der Waals surface area contributed by atoms with Gasteiger partial charge < -0.3 is 14.8 Å². The number of benzene rings is 3. The molecule has 3 rings (SSSR count). The molecular weight excluding hydrogens is 457 g/mol. The van der Waals surface area contributed by atoms with E-state index in [0.29, 0.717) is 27.0 Å². The van der Waals surface area contributed by atoms with E-state index in [0.717, 1.165) is 0 Å². The van der Waals surface area contributed by atoms with Crippen LogP contribution in [0.1, 0.15) is 12.5 Å². The van der Waals surface area contributed by atoms with Crippen LogP contribution in [0.5, 0.6) is 11.5 Å². The second kappa shape index (κ2) is 10.6. The predicted octanol–water partition coefficient (Wildman–Crippen LogP) is 6.71. The molecule has 0 heterocycles. The van der Waals surface area contributed by atoms with Crippen molar-refractivity contribution in [2.75, 3.05) is 11.9 Å². The van der Waals surface area contributed by atoms with E-state index in [9.17, 15) is 14.9 Å². The van der Waals surface area contributed by atoms with Crippen molar-refractivity contribution in [3.63, 3.8) is 0 Å².